The van der Waals surface area contributed by atoms with Gasteiger partial charge in [-0.25, -0.2) is 4.98 Å². The van der Waals surface area contributed by atoms with E-state index < -0.39 is 0 Å². The first kappa shape index (κ1) is 14.2. The van der Waals surface area contributed by atoms with Crippen LogP contribution in [0, 0.1) is 13.8 Å². The zero-order chi connectivity index (χ0) is 14.8. The van der Waals surface area contributed by atoms with Crippen LogP contribution in [-0.4, -0.2) is 52.0 Å². The summed E-state index contributed by atoms with van der Waals surface area (Å²) in [6.07, 6.45) is 0. The molecule has 1 aliphatic heterocycles. The van der Waals surface area contributed by atoms with Crippen molar-refractivity contribution < 1.29 is 9.32 Å². The third kappa shape index (κ3) is 2.98. The monoisotopic (exact) mass is 306 g/mol. The lowest BCUT2D eigenvalue weighted by Gasteiger charge is -2.34. The topological polar surface area (TPSA) is 62.5 Å². The predicted octanol–water partition coefficient (Wildman–Crippen LogP) is 1.71. The molecule has 0 saturated carbocycles. The van der Waals surface area contributed by atoms with E-state index in [0.717, 1.165) is 38.4 Å². The molecule has 2 aromatic heterocycles. The lowest BCUT2D eigenvalue weighted by molar-refractivity contribution is 0.0625. The fourth-order valence-corrected chi connectivity index (χ4v) is 3.15. The molecule has 0 unspecified atom stereocenters. The van der Waals surface area contributed by atoms with E-state index in [0.29, 0.717) is 17.0 Å². The third-order valence-corrected chi connectivity index (χ3v) is 4.41. The first-order valence-electron chi connectivity index (χ1n) is 6.96. The molecule has 0 aromatic carbocycles. The number of aryl methyl sites for hydroxylation is 2. The SMILES string of the molecule is Cc1noc(C)c1C(=O)N1CCN(Cc2cscn2)CC1. The Hall–Kier alpha value is -1.73. The minimum atomic E-state index is 0.0274. The Bertz CT molecular complexity index is 595. The van der Waals surface area contributed by atoms with Crippen LogP contribution in [0.25, 0.3) is 0 Å². The number of rotatable bonds is 3. The van der Waals surface area contributed by atoms with Crippen LogP contribution in [0.1, 0.15) is 27.5 Å². The summed E-state index contributed by atoms with van der Waals surface area (Å²) in [6, 6.07) is 0. The van der Waals surface area contributed by atoms with Gasteiger partial charge in [0, 0.05) is 38.1 Å². The highest BCUT2D eigenvalue weighted by atomic mass is 32.1. The van der Waals surface area contributed by atoms with Crippen molar-refractivity contribution in [3.63, 3.8) is 0 Å². The summed E-state index contributed by atoms with van der Waals surface area (Å²) in [5.74, 6) is 0.627. The highest BCUT2D eigenvalue weighted by molar-refractivity contribution is 7.07. The second-order valence-corrected chi connectivity index (χ2v) is 5.97. The molecule has 0 aliphatic carbocycles. The summed E-state index contributed by atoms with van der Waals surface area (Å²) in [4.78, 5) is 21.0. The molecule has 3 rings (SSSR count). The Morgan fingerprint density at radius 2 is 2.10 bits per heavy atom. The molecule has 0 spiro atoms. The molecule has 0 atom stereocenters. The first-order valence-corrected chi connectivity index (χ1v) is 7.91. The van der Waals surface area contributed by atoms with Gasteiger partial charge in [-0.1, -0.05) is 5.16 Å². The molecule has 7 heteroatoms. The van der Waals surface area contributed by atoms with Crippen molar-refractivity contribution in [1.82, 2.24) is 19.9 Å². The van der Waals surface area contributed by atoms with Crippen molar-refractivity contribution in [2.75, 3.05) is 26.2 Å². The van der Waals surface area contributed by atoms with Gasteiger partial charge in [0.25, 0.3) is 5.91 Å². The van der Waals surface area contributed by atoms with Crippen LogP contribution in [0.4, 0.5) is 0 Å². The molecule has 1 aliphatic rings. The van der Waals surface area contributed by atoms with Gasteiger partial charge in [-0.2, -0.15) is 0 Å². The Morgan fingerprint density at radius 1 is 1.33 bits per heavy atom. The number of nitrogens with zero attached hydrogens (tertiary/aromatic N) is 4. The largest absolute Gasteiger partial charge is 0.361 e. The molecule has 1 saturated heterocycles. The van der Waals surface area contributed by atoms with Crippen LogP contribution in [0.2, 0.25) is 0 Å². The lowest BCUT2D eigenvalue weighted by Crippen LogP contribution is -2.48. The van der Waals surface area contributed by atoms with Crippen LogP contribution in [0.3, 0.4) is 0 Å². The summed E-state index contributed by atoms with van der Waals surface area (Å²) >= 11 is 1.62. The highest BCUT2D eigenvalue weighted by Gasteiger charge is 2.26. The average Bonchev–Trinajstić information content (AvgIpc) is 3.09. The zero-order valence-electron chi connectivity index (χ0n) is 12.2. The summed E-state index contributed by atoms with van der Waals surface area (Å²) in [6.45, 7) is 7.64. The Kier molecular flexibility index (Phi) is 4.03. The van der Waals surface area contributed by atoms with E-state index in [2.05, 4.69) is 20.4 Å². The molecular formula is C14H18N4O2S. The second kappa shape index (κ2) is 5.95. The van der Waals surface area contributed by atoms with E-state index in [-0.39, 0.29) is 5.91 Å². The maximum Gasteiger partial charge on any atom is 0.259 e. The number of carbonyl (C=O) groups excluding carboxylic acids is 1. The maximum atomic E-state index is 12.5. The van der Waals surface area contributed by atoms with Crippen LogP contribution in [0.5, 0.6) is 0 Å². The number of thiazole rings is 1. The molecule has 3 heterocycles. The number of aromatic nitrogens is 2. The number of amides is 1. The van der Waals surface area contributed by atoms with Crippen molar-refractivity contribution in [3.05, 3.63) is 33.6 Å². The fourth-order valence-electron chi connectivity index (χ4n) is 2.60. The van der Waals surface area contributed by atoms with E-state index in [1.54, 1.807) is 18.3 Å². The van der Waals surface area contributed by atoms with Crippen molar-refractivity contribution in [2.24, 2.45) is 0 Å². The van der Waals surface area contributed by atoms with Crippen LogP contribution in [0.15, 0.2) is 15.4 Å². The summed E-state index contributed by atoms with van der Waals surface area (Å²) in [5.41, 5.74) is 4.24. The van der Waals surface area contributed by atoms with Crippen LogP contribution >= 0.6 is 11.3 Å². The van der Waals surface area contributed by atoms with E-state index in [4.69, 9.17) is 4.52 Å². The Morgan fingerprint density at radius 3 is 2.67 bits per heavy atom. The molecule has 1 amide bonds. The summed E-state index contributed by atoms with van der Waals surface area (Å²) < 4.78 is 5.08. The van der Waals surface area contributed by atoms with Crippen molar-refractivity contribution in [2.45, 2.75) is 20.4 Å². The predicted molar refractivity (Wildman–Crippen MR) is 79.3 cm³/mol. The van der Waals surface area contributed by atoms with Gasteiger partial charge in [0.15, 0.2) is 0 Å². The number of carbonyl (C=O) groups is 1. The van der Waals surface area contributed by atoms with Gasteiger partial charge < -0.3 is 9.42 Å². The lowest BCUT2D eigenvalue weighted by atomic mass is 10.1. The molecule has 6 nitrogen and oxygen atoms in total. The first-order chi connectivity index (χ1) is 10.1. The highest BCUT2D eigenvalue weighted by Crippen LogP contribution is 2.17. The van der Waals surface area contributed by atoms with Crippen molar-refractivity contribution in [1.29, 1.82) is 0 Å². The van der Waals surface area contributed by atoms with E-state index in [1.807, 2.05) is 17.3 Å². The zero-order valence-corrected chi connectivity index (χ0v) is 13.0. The minimum absolute atomic E-state index is 0.0274. The normalized spacial score (nSPS) is 16.4. The van der Waals surface area contributed by atoms with Gasteiger partial charge in [0.05, 0.1) is 16.9 Å². The quantitative estimate of drug-likeness (QED) is 0.864. The molecule has 0 bridgehead atoms. The van der Waals surface area contributed by atoms with Crippen LogP contribution < -0.4 is 0 Å². The molecule has 0 N–H and O–H groups in total. The molecule has 2 aromatic rings. The summed E-state index contributed by atoms with van der Waals surface area (Å²) in [5, 5.41) is 5.93. The number of hydrogen-bond donors (Lipinski definition) is 0. The molecular weight excluding hydrogens is 288 g/mol. The van der Waals surface area contributed by atoms with Gasteiger partial charge in [-0.15, -0.1) is 11.3 Å². The second-order valence-electron chi connectivity index (χ2n) is 5.25. The third-order valence-electron chi connectivity index (χ3n) is 3.78. The van der Waals surface area contributed by atoms with E-state index in [9.17, 15) is 4.79 Å². The minimum Gasteiger partial charge on any atom is -0.361 e. The van der Waals surface area contributed by atoms with Gasteiger partial charge >= 0.3 is 0 Å². The van der Waals surface area contributed by atoms with Gasteiger partial charge in [-0.05, 0) is 13.8 Å². The van der Waals surface area contributed by atoms with E-state index in [1.165, 1.54) is 0 Å². The molecule has 112 valence electrons. The molecule has 1 fully saturated rings. The number of piperazine rings is 1. The maximum absolute atomic E-state index is 12.5. The molecule has 0 radical (unpaired) electrons. The standard InChI is InChI=1S/C14H18N4O2S/c1-10-13(11(2)20-16-10)14(19)18-5-3-17(4-6-18)7-12-8-21-9-15-12/h8-9H,3-7H2,1-2H3. The summed E-state index contributed by atoms with van der Waals surface area (Å²) in [7, 11) is 0. The smallest absolute Gasteiger partial charge is 0.259 e. The van der Waals surface area contributed by atoms with E-state index >= 15 is 0 Å². The van der Waals surface area contributed by atoms with Gasteiger partial charge in [0.2, 0.25) is 0 Å². The Labute approximate surface area is 127 Å². The molecule has 21 heavy (non-hydrogen) atoms. The Balaban J connectivity index is 1.59. The van der Waals surface area contributed by atoms with Crippen molar-refractivity contribution in [3.8, 4) is 0 Å². The van der Waals surface area contributed by atoms with Crippen molar-refractivity contribution >= 4 is 17.2 Å². The fraction of sp³-hybridized carbons (Fsp3) is 0.500. The van der Waals surface area contributed by atoms with Gasteiger partial charge in [0.1, 0.15) is 11.3 Å². The van der Waals surface area contributed by atoms with Crippen LogP contribution in [-0.2, 0) is 6.54 Å². The average molecular weight is 306 g/mol. The number of hydrogen-bond acceptors (Lipinski definition) is 6. The van der Waals surface area contributed by atoms with Gasteiger partial charge in [-0.3, -0.25) is 9.69 Å².